The summed E-state index contributed by atoms with van der Waals surface area (Å²) < 4.78 is 0. The minimum Gasteiger partial charge on any atom is -0.511 e. The van der Waals surface area contributed by atoms with Gasteiger partial charge in [0, 0.05) is 0 Å². The summed E-state index contributed by atoms with van der Waals surface area (Å²) >= 11 is 0. The molecule has 1 unspecified atom stereocenters. The van der Waals surface area contributed by atoms with Crippen molar-refractivity contribution < 1.29 is 5.11 Å². The first-order valence-electron chi connectivity index (χ1n) is 3.17. The van der Waals surface area contributed by atoms with E-state index in [1.54, 1.807) is 0 Å². The summed E-state index contributed by atoms with van der Waals surface area (Å²) in [5.41, 5.74) is 5.47. The maximum absolute atomic E-state index is 8.75. The highest BCUT2D eigenvalue weighted by Crippen LogP contribution is 2.06. The van der Waals surface area contributed by atoms with E-state index >= 15 is 0 Å². The highest BCUT2D eigenvalue weighted by atomic mass is 16.3. The zero-order valence-corrected chi connectivity index (χ0v) is 6.09. The molecule has 2 nitrogen and oxygen atoms in total. The molecule has 0 rings (SSSR count). The van der Waals surface area contributed by atoms with Crippen LogP contribution in [-0.2, 0) is 0 Å². The molecule has 0 bridgehead atoms. The number of hydrogen-bond donors (Lipinski definition) is 2. The van der Waals surface area contributed by atoms with Crippen LogP contribution in [0.25, 0.3) is 0 Å². The van der Waals surface area contributed by atoms with Crippen LogP contribution in [0.1, 0.15) is 20.3 Å². The van der Waals surface area contributed by atoms with Crippen LogP contribution >= 0.6 is 0 Å². The van der Waals surface area contributed by atoms with Gasteiger partial charge in [0.25, 0.3) is 0 Å². The normalized spacial score (nSPS) is 13.8. The Bertz CT molecular complexity index is 99.1. The molecule has 0 saturated heterocycles. The Morgan fingerprint density at radius 3 is 2.22 bits per heavy atom. The number of aliphatic hydroxyl groups excluding tert-OH is 1. The summed E-state index contributed by atoms with van der Waals surface area (Å²) in [7, 11) is 0. The molecule has 1 atom stereocenters. The Morgan fingerprint density at radius 1 is 1.67 bits per heavy atom. The fraction of sp³-hybridized carbons (Fsp3) is 0.714. The van der Waals surface area contributed by atoms with Crippen molar-refractivity contribution >= 4 is 0 Å². The number of hydrogen-bond acceptors (Lipinski definition) is 2. The van der Waals surface area contributed by atoms with Gasteiger partial charge in [0.15, 0.2) is 0 Å². The second-order valence-corrected chi connectivity index (χ2v) is 2.73. The topological polar surface area (TPSA) is 46.2 Å². The van der Waals surface area contributed by atoms with Gasteiger partial charge in [-0.15, -0.1) is 0 Å². The van der Waals surface area contributed by atoms with Gasteiger partial charge in [0.1, 0.15) is 5.76 Å². The molecular formula is C7H15NO. The van der Waals surface area contributed by atoms with Crippen molar-refractivity contribution in [1.82, 2.24) is 0 Å². The molecule has 0 aliphatic rings. The average Bonchev–Trinajstić information content (AvgIpc) is 1.63. The molecular weight excluding hydrogens is 114 g/mol. The first-order chi connectivity index (χ1) is 4.04. The summed E-state index contributed by atoms with van der Waals surface area (Å²) in [6.07, 6.45) is 0.801. The van der Waals surface area contributed by atoms with E-state index in [9.17, 15) is 0 Å². The minimum atomic E-state index is -0.245. The predicted molar refractivity (Wildman–Crippen MR) is 39.2 cm³/mol. The largest absolute Gasteiger partial charge is 0.511 e. The van der Waals surface area contributed by atoms with Crippen molar-refractivity contribution in [2.45, 2.75) is 26.3 Å². The third-order valence-corrected chi connectivity index (χ3v) is 1.15. The van der Waals surface area contributed by atoms with Gasteiger partial charge >= 0.3 is 0 Å². The van der Waals surface area contributed by atoms with Crippen molar-refractivity contribution in [3.8, 4) is 0 Å². The van der Waals surface area contributed by atoms with Gasteiger partial charge in [-0.25, -0.2) is 0 Å². The van der Waals surface area contributed by atoms with Crippen LogP contribution in [0.3, 0.4) is 0 Å². The molecule has 2 heteroatoms. The molecule has 0 aliphatic heterocycles. The van der Waals surface area contributed by atoms with E-state index in [-0.39, 0.29) is 11.8 Å². The third kappa shape index (κ3) is 4.03. The van der Waals surface area contributed by atoms with Crippen molar-refractivity contribution in [3.63, 3.8) is 0 Å². The Labute approximate surface area is 56.4 Å². The van der Waals surface area contributed by atoms with Gasteiger partial charge in [-0.2, -0.15) is 0 Å². The van der Waals surface area contributed by atoms with Crippen LogP contribution in [-0.4, -0.2) is 11.1 Å². The lowest BCUT2D eigenvalue weighted by Gasteiger charge is -2.11. The van der Waals surface area contributed by atoms with Gasteiger partial charge in [-0.1, -0.05) is 20.4 Å². The first kappa shape index (κ1) is 8.50. The third-order valence-electron chi connectivity index (χ3n) is 1.15. The highest BCUT2D eigenvalue weighted by molar-refractivity contribution is 4.92. The van der Waals surface area contributed by atoms with Crippen LogP contribution in [0.5, 0.6) is 0 Å². The van der Waals surface area contributed by atoms with Crippen molar-refractivity contribution in [3.05, 3.63) is 12.3 Å². The van der Waals surface area contributed by atoms with Gasteiger partial charge in [0.2, 0.25) is 0 Å². The van der Waals surface area contributed by atoms with E-state index in [4.69, 9.17) is 10.8 Å². The predicted octanol–water partition coefficient (Wildman–Crippen LogP) is 1.43. The van der Waals surface area contributed by atoms with Gasteiger partial charge in [-0.05, 0) is 12.3 Å². The number of nitrogens with two attached hydrogens (primary N) is 1. The van der Waals surface area contributed by atoms with Crippen molar-refractivity contribution in [1.29, 1.82) is 0 Å². The molecule has 0 radical (unpaired) electrons. The Kier molecular flexibility index (Phi) is 3.32. The lowest BCUT2D eigenvalue weighted by molar-refractivity contribution is 0.346. The molecule has 0 heterocycles. The molecule has 0 saturated carbocycles. The summed E-state index contributed by atoms with van der Waals surface area (Å²) in [4.78, 5) is 0. The second kappa shape index (κ2) is 3.51. The summed E-state index contributed by atoms with van der Waals surface area (Å²) in [6, 6.07) is -0.245. The van der Waals surface area contributed by atoms with Gasteiger partial charge in [-0.3, -0.25) is 0 Å². The van der Waals surface area contributed by atoms with Crippen LogP contribution in [0.4, 0.5) is 0 Å². The number of aliphatic hydroxyl groups is 1. The van der Waals surface area contributed by atoms with E-state index in [1.165, 1.54) is 0 Å². The molecule has 3 N–H and O–H groups in total. The van der Waals surface area contributed by atoms with Crippen molar-refractivity contribution in [2.75, 3.05) is 0 Å². The fourth-order valence-electron chi connectivity index (χ4n) is 0.644. The molecule has 0 aromatic rings. The summed E-state index contributed by atoms with van der Waals surface area (Å²) in [5.74, 6) is 0.604. The SMILES string of the molecule is C=C(O)C(N)CC(C)C. The fourth-order valence-corrected chi connectivity index (χ4v) is 0.644. The Morgan fingerprint density at radius 2 is 2.11 bits per heavy atom. The molecule has 9 heavy (non-hydrogen) atoms. The Balaban J connectivity index is 3.50. The van der Waals surface area contributed by atoms with Gasteiger partial charge in [0.05, 0.1) is 6.04 Å². The maximum atomic E-state index is 8.75. The summed E-state index contributed by atoms with van der Waals surface area (Å²) in [6.45, 7) is 7.46. The summed E-state index contributed by atoms with van der Waals surface area (Å²) in [5, 5.41) is 8.75. The zero-order valence-electron chi connectivity index (χ0n) is 6.09. The molecule has 0 spiro atoms. The van der Waals surface area contributed by atoms with Crippen LogP contribution in [0.15, 0.2) is 12.3 Å². The molecule has 0 fully saturated rings. The minimum absolute atomic E-state index is 0.0868. The quantitative estimate of drug-likeness (QED) is 0.566. The lowest BCUT2D eigenvalue weighted by atomic mass is 10.0. The second-order valence-electron chi connectivity index (χ2n) is 2.73. The maximum Gasteiger partial charge on any atom is 0.102 e. The molecule has 0 aromatic heterocycles. The number of rotatable bonds is 3. The van der Waals surface area contributed by atoms with E-state index in [2.05, 4.69) is 20.4 Å². The van der Waals surface area contributed by atoms with Gasteiger partial charge < -0.3 is 10.8 Å². The van der Waals surface area contributed by atoms with Crippen LogP contribution in [0, 0.1) is 5.92 Å². The Hall–Kier alpha value is -0.500. The molecule has 0 amide bonds. The standard InChI is InChI=1S/C7H15NO/c1-5(2)4-7(8)6(3)9/h5,7,9H,3-4,8H2,1-2H3. The van der Waals surface area contributed by atoms with Crippen molar-refractivity contribution in [2.24, 2.45) is 11.7 Å². The van der Waals surface area contributed by atoms with E-state index < -0.39 is 0 Å². The zero-order chi connectivity index (χ0) is 7.44. The van der Waals surface area contributed by atoms with Crippen LogP contribution in [0.2, 0.25) is 0 Å². The lowest BCUT2D eigenvalue weighted by Crippen LogP contribution is -2.23. The van der Waals surface area contributed by atoms with Crippen LogP contribution < -0.4 is 5.73 Å². The van der Waals surface area contributed by atoms with E-state index in [0.29, 0.717) is 5.92 Å². The molecule has 54 valence electrons. The average molecular weight is 129 g/mol. The van der Waals surface area contributed by atoms with E-state index in [0.717, 1.165) is 6.42 Å². The molecule has 0 aromatic carbocycles. The van der Waals surface area contributed by atoms with E-state index in [1.807, 2.05) is 0 Å². The monoisotopic (exact) mass is 129 g/mol. The smallest absolute Gasteiger partial charge is 0.102 e. The molecule has 0 aliphatic carbocycles. The first-order valence-corrected chi connectivity index (χ1v) is 3.17. The highest BCUT2D eigenvalue weighted by Gasteiger charge is 2.06.